The van der Waals surface area contributed by atoms with Gasteiger partial charge in [-0.2, -0.15) is 0 Å². The smallest absolute Gasteiger partial charge is 0.128 e. The van der Waals surface area contributed by atoms with Crippen LogP contribution in [0.2, 0.25) is 0 Å². The molecule has 0 amide bonds. The zero-order valence-corrected chi connectivity index (χ0v) is 13.2. The van der Waals surface area contributed by atoms with E-state index in [2.05, 4.69) is 48.2 Å². The highest BCUT2D eigenvalue weighted by Gasteiger charge is 2.17. The Labute approximate surface area is 123 Å². The normalized spacial score (nSPS) is 16.0. The Kier molecular flexibility index (Phi) is 5.84. The molecule has 1 aliphatic rings. The molecule has 0 spiro atoms. The maximum absolute atomic E-state index is 4.52. The van der Waals surface area contributed by atoms with Gasteiger partial charge >= 0.3 is 0 Å². The van der Waals surface area contributed by atoms with E-state index in [4.69, 9.17) is 0 Å². The zero-order valence-electron chi connectivity index (χ0n) is 13.2. The molecule has 1 N–H and O–H groups in total. The van der Waals surface area contributed by atoms with Crippen molar-refractivity contribution in [3.05, 3.63) is 23.9 Å². The van der Waals surface area contributed by atoms with Gasteiger partial charge in [0.1, 0.15) is 5.82 Å². The number of hydrogen-bond acceptors (Lipinski definition) is 3. The largest absolute Gasteiger partial charge is 0.359 e. The summed E-state index contributed by atoms with van der Waals surface area (Å²) >= 11 is 0. The standard InChI is InChI=1S/C17H29N3/c1-14(2)11-18-12-16-8-9-19-17(10-16)20(3)13-15-6-4-5-7-15/h8-10,14-15,18H,4-7,11-13H2,1-3H3. The van der Waals surface area contributed by atoms with Gasteiger partial charge in [-0.05, 0) is 48.9 Å². The molecule has 112 valence electrons. The van der Waals surface area contributed by atoms with Crippen molar-refractivity contribution in [2.24, 2.45) is 11.8 Å². The van der Waals surface area contributed by atoms with Crippen LogP contribution in [0.15, 0.2) is 18.3 Å². The second-order valence-corrected chi connectivity index (χ2v) is 6.58. The van der Waals surface area contributed by atoms with E-state index in [1.54, 1.807) is 0 Å². The van der Waals surface area contributed by atoms with Crippen molar-refractivity contribution in [1.82, 2.24) is 10.3 Å². The summed E-state index contributed by atoms with van der Waals surface area (Å²) in [6.07, 6.45) is 7.53. The topological polar surface area (TPSA) is 28.2 Å². The van der Waals surface area contributed by atoms with Crippen LogP contribution in [-0.2, 0) is 6.54 Å². The second kappa shape index (κ2) is 7.63. The fraction of sp³-hybridized carbons (Fsp3) is 0.706. The van der Waals surface area contributed by atoms with Crippen LogP contribution < -0.4 is 10.2 Å². The molecule has 0 aromatic carbocycles. The molecule has 0 radical (unpaired) electrons. The van der Waals surface area contributed by atoms with Crippen LogP contribution in [0.4, 0.5) is 5.82 Å². The van der Waals surface area contributed by atoms with E-state index in [1.165, 1.54) is 31.2 Å². The number of nitrogens with one attached hydrogen (secondary N) is 1. The van der Waals surface area contributed by atoms with Gasteiger partial charge in [0.05, 0.1) is 0 Å². The van der Waals surface area contributed by atoms with Crippen molar-refractivity contribution in [3.8, 4) is 0 Å². The number of anilines is 1. The minimum atomic E-state index is 0.696. The van der Waals surface area contributed by atoms with E-state index in [0.29, 0.717) is 5.92 Å². The number of pyridine rings is 1. The van der Waals surface area contributed by atoms with E-state index in [-0.39, 0.29) is 0 Å². The quantitative estimate of drug-likeness (QED) is 0.826. The summed E-state index contributed by atoms with van der Waals surface area (Å²) in [5, 5.41) is 3.49. The predicted octanol–water partition coefficient (Wildman–Crippen LogP) is 3.45. The van der Waals surface area contributed by atoms with E-state index in [0.717, 1.165) is 31.4 Å². The molecule has 2 rings (SSSR count). The highest BCUT2D eigenvalue weighted by Crippen LogP contribution is 2.26. The Hall–Kier alpha value is -1.09. The molecule has 0 atom stereocenters. The summed E-state index contributed by atoms with van der Waals surface area (Å²) in [6.45, 7) is 7.62. The first-order chi connectivity index (χ1) is 9.65. The van der Waals surface area contributed by atoms with Crippen LogP contribution in [0.25, 0.3) is 0 Å². The summed E-state index contributed by atoms with van der Waals surface area (Å²) in [7, 11) is 2.17. The lowest BCUT2D eigenvalue weighted by molar-refractivity contribution is 0.543. The number of aromatic nitrogens is 1. The number of rotatable bonds is 7. The zero-order chi connectivity index (χ0) is 14.4. The van der Waals surface area contributed by atoms with Crippen molar-refractivity contribution < 1.29 is 0 Å². The molecular formula is C17H29N3. The minimum Gasteiger partial charge on any atom is -0.359 e. The van der Waals surface area contributed by atoms with Gasteiger partial charge in [-0.15, -0.1) is 0 Å². The van der Waals surface area contributed by atoms with Crippen LogP contribution >= 0.6 is 0 Å². The van der Waals surface area contributed by atoms with Crippen LogP contribution in [0.3, 0.4) is 0 Å². The summed E-state index contributed by atoms with van der Waals surface area (Å²) in [5.41, 5.74) is 1.33. The van der Waals surface area contributed by atoms with Crippen molar-refractivity contribution in [3.63, 3.8) is 0 Å². The molecule has 0 aliphatic heterocycles. The summed E-state index contributed by atoms with van der Waals surface area (Å²) in [4.78, 5) is 6.84. The molecule has 1 aromatic heterocycles. The molecule has 1 fully saturated rings. The first-order valence-electron chi connectivity index (χ1n) is 8.02. The van der Waals surface area contributed by atoms with Gasteiger partial charge in [-0.1, -0.05) is 26.7 Å². The molecule has 0 unspecified atom stereocenters. The fourth-order valence-corrected chi connectivity index (χ4v) is 2.96. The summed E-state index contributed by atoms with van der Waals surface area (Å²) < 4.78 is 0. The maximum Gasteiger partial charge on any atom is 0.128 e. The van der Waals surface area contributed by atoms with Crippen LogP contribution in [-0.4, -0.2) is 25.1 Å². The van der Waals surface area contributed by atoms with Gasteiger partial charge in [0.15, 0.2) is 0 Å². The van der Waals surface area contributed by atoms with Gasteiger partial charge < -0.3 is 10.2 Å². The van der Waals surface area contributed by atoms with Gasteiger partial charge in [0.2, 0.25) is 0 Å². The monoisotopic (exact) mass is 275 g/mol. The van der Waals surface area contributed by atoms with Crippen molar-refractivity contribution >= 4 is 5.82 Å². The van der Waals surface area contributed by atoms with Crippen molar-refractivity contribution in [2.45, 2.75) is 46.1 Å². The highest BCUT2D eigenvalue weighted by molar-refractivity contribution is 5.40. The Morgan fingerprint density at radius 3 is 2.80 bits per heavy atom. The Morgan fingerprint density at radius 2 is 2.10 bits per heavy atom. The molecule has 1 heterocycles. The Morgan fingerprint density at radius 1 is 1.35 bits per heavy atom. The molecule has 3 heteroatoms. The molecule has 1 aliphatic carbocycles. The second-order valence-electron chi connectivity index (χ2n) is 6.58. The van der Waals surface area contributed by atoms with Gasteiger partial charge in [-0.25, -0.2) is 4.98 Å². The molecule has 1 saturated carbocycles. The Bertz CT molecular complexity index is 397. The maximum atomic E-state index is 4.52. The lowest BCUT2D eigenvalue weighted by Gasteiger charge is -2.22. The lowest BCUT2D eigenvalue weighted by atomic mass is 10.1. The summed E-state index contributed by atoms with van der Waals surface area (Å²) in [5.74, 6) is 2.67. The number of nitrogens with zero attached hydrogens (tertiary/aromatic N) is 2. The average molecular weight is 275 g/mol. The molecule has 0 bridgehead atoms. The van der Waals surface area contributed by atoms with Crippen LogP contribution in [0, 0.1) is 11.8 Å². The minimum absolute atomic E-state index is 0.696. The van der Waals surface area contributed by atoms with E-state index in [9.17, 15) is 0 Å². The van der Waals surface area contributed by atoms with Crippen LogP contribution in [0.5, 0.6) is 0 Å². The van der Waals surface area contributed by atoms with E-state index < -0.39 is 0 Å². The molecule has 20 heavy (non-hydrogen) atoms. The van der Waals surface area contributed by atoms with Crippen LogP contribution in [0.1, 0.15) is 45.1 Å². The Balaban J connectivity index is 1.87. The third kappa shape index (κ3) is 4.78. The highest BCUT2D eigenvalue weighted by atomic mass is 15.2. The molecule has 1 aromatic rings. The third-order valence-corrected chi connectivity index (χ3v) is 4.09. The van der Waals surface area contributed by atoms with Gasteiger partial charge in [0, 0.05) is 26.3 Å². The lowest BCUT2D eigenvalue weighted by Crippen LogP contribution is -2.25. The first-order valence-corrected chi connectivity index (χ1v) is 8.02. The van der Waals surface area contributed by atoms with Gasteiger partial charge in [0.25, 0.3) is 0 Å². The SMILES string of the molecule is CC(C)CNCc1ccnc(N(C)CC2CCCC2)c1. The van der Waals surface area contributed by atoms with E-state index in [1.807, 2.05) is 6.20 Å². The molecule has 3 nitrogen and oxygen atoms in total. The number of hydrogen-bond donors (Lipinski definition) is 1. The third-order valence-electron chi connectivity index (χ3n) is 4.09. The molecular weight excluding hydrogens is 246 g/mol. The average Bonchev–Trinajstić information content (AvgIpc) is 2.91. The van der Waals surface area contributed by atoms with Gasteiger partial charge in [-0.3, -0.25) is 0 Å². The predicted molar refractivity (Wildman–Crippen MR) is 86.0 cm³/mol. The first kappa shape index (κ1) is 15.3. The van der Waals surface area contributed by atoms with Crippen molar-refractivity contribution in [1.29, 1.82) is 0 Å². The van der Waals surface area contributed by atoms with Crippen molar-refractivity contribution in [2.75, 3.05) is 25.0 Å². The summed E-state index contributed by atoms with van der Waals surface area (Å²) in [6, 6.07) is 4.34. The molecule has 0 saturated heterocycles. The fourth-order valence-electron chi connectivity index (χ4n) is 2.96. The van der Waals surface area contributed by atoms with E-state index >= 15 is 0 Å².